The molecule has 0 aliphatic heterocycles. The van der Waals surface area contributed by atoms with E-state index < -0.39 is 0 Å². The predicted octanol–water partition coefficient (Wildman–Crippen LogP) is 1.99. The van der Waals surface area contributed by atoms with Gasteiger partial charge in [-0.1, -0.05) is 12.1 Å². The molecule has 17 heavy (non-hydrogen) atoms. The minimum absolute atomic E-state index is 0.0364. The third-order valence-electron chi connectivity index (χ3n) is 2.93. The van der Waals surface area contributed by atoms with E-state index >= 15 is 0 Å². The van der Waals surface area contributed by atoms with E-state index in [2.05, 4.69) is 5.10 Å². The number of aromatic nitrogens is 2. The Morgan fingerprint density at radius 2 is 2.24 bits per heavy atom. The minimum Gasteiger partial charge on any atom is -0.496 e. The molecule has 0 spiro atoms. The smallest absolute Gasteiger partial charge is 0.128 e. The SMILES string of the molecule is COc1cccc2cc(CO)n3nccc3c12. The summed E-state index contributed by atoms with van der Waals surface area (Å²) in [5.41, 5.74) is 1.72. The molecule has 0 aliphatic carbocycles. The van der Waals surface area contributed by atoms with E-state index in [1.165, 1.54) is 0 Å². The van der Waals surface area contributed by atoms with Gasteiger partial charge in [-0.3, -0.25) is 0 Å². The van der Waals surface area contributed by atoms with Gasteiger partial charge in [0.15, 0.2) is 0 Å². The maximum absolute atomic E-state index is 9.35. The molecule has 3 rings (SSSR count). The van der Waals surface area contributed by atoms with Crippen molar-refractivity contribution >= 4 is 16.3 Å². The van der Waals surface area contributed by atoms with Gasteiger partial charge in [-0.15, -0.1) is 0 Å². The fraction of sp³-hybridized carbons (Fsp3) is 0.154. The summed E-state index contributed by atoms with van der Waals surface area (Å²) in [7, 11) is 1.65. The average Bonchev–Trinajstić information content (AvgIpc) is 2.86. The fourth-order valence-electron chi connectivity index (χ4n) is 2.19. The van der Waals surface area contributed by atoms with Gasteiger partial charge in [0.2, 0.25) is 0 Å². The molecule has 86 valence electrons. The molecule has 3 aromatic rings. The second kappa shape index (κ2) is 3.75. The van der Waals surface area contributed by atoms with Crippen LogP contribution in [0.15, 0.2) is 36.5 Å². The van der Waals surface area contributed by atoms with Crippen LogP contribution < -0.4 is 4.74 Å². The molecule has 1 N–H and O–H groups in total. The van der Waals surface area contributed by atoms with Crippen LogP contribution in [0.25, 0.3) is 16.3 Å². The maximum Gasteiger partial charge on any atom is 0.128 e. The molecular weight excluding hydrogens is 216 g/mol. The monoisotopic (exact) mass is 228 g/mol. The number of aliphatic hydroxyl groups excluding tert-OH is 1. The Hall–Kier alpha value is -2.07. The lowest BCUT2D eigenvalue weighted by atomic mass is 10.1. The minimum atomic E-state index is -0.0364. The van der Waals surface area contributed by atoms with Crippen LogP contribution >= 0.6 is 0 Å². The number of benzene rings is 1. The van der Waals surface area contributed by atoms with Crippen molar-refractivity contribution in [2.24, 2.45) is 0 Å². The van der Waals surface area contributed by atoms with Gasteiger partial charge in [0, 0.05) is 5.39 Å². The summed E-state index contributed by atoms with van der Waals surface area (Å²) < 4.78 is 7.12. The Kier molecular flexibility index (Phi) is 2.23. The van der Waals surface area contributed by atoms with Crippen molar-refractivity contribution in [1.82, 2.24) is 9.61 Å². The first kappa shape index (κ1) is 10.1. The molecule has 0 saturated carbocycles. The molecule has 0 aliphatic rings. The number of methoxy groups -OCH3 is 1. The van der Waals surface area contributed by atoms with Gasteiger partial charge in [0.05, 0.1) is 31.1 Å². The van der Waals surface area contributed by atoms with E-state index in [-0.39, 0.29) is 6.61 Å². The first-order valence-electron chi connectivity index (χ1n) is 5.38. The molecule has 0 radical (unpaired) electrons. The van der Waals surface area contributed by atoms with Crippen molar-refractivity contribution < 1.29 is 9.84 Å². The zero-order valence-electron chi connectivity index (χ0n) is 9.42. The van der Waals surface area contributed by atoms with Gasteiger partial charge < -0.3 is 9.84 Å². The summed E-state index contributed by atoms with van der Waals surface area (Å²) in [5, 5.41) is 15.6. The Labute approximate surface area is 98.1 Å². The lowest BCUT2D eigenvalue weighted by Gasteiger charge is -2.09. The molecule has 4 heteroatoms. The van der Waals surface area contributed by atoms with Gasteiger partial charge in [0.25, 0.3) is 0 Å². The third-order valence-corrected chi connectivity index (χ3v) is 2.93. The summed E-state index contributed by atoms with van der Waals surface area (Å²) in [6.07, 6.45) is 1.72. The molecule has 4 nitrogen and oxygen atoms in total. The van der Waals surface area contributed by atoms with Gasteiger partial charge in [0.1, 0.15) is 5.75 Å². The molecule has 0 fully saturated rings. The van der Waals surface area contributed by atoms with Crippen LogP contribution in [0.3, 0.4) is 0 Å². The third kappa shape index (κ3) is 1.38. The Morgan fingerprint density at radius 1 is 1.35 bits per heavy atom. The summed E-state index contributed by atoms with van der Waals surface area (Å²) in [6, 6.07) is 9.72. The standard InChI is InChI=1S/C13H12N2O2/c1-17-12-4-2-3-9-7-10(8-16)15-11(13(9)12)5-6-14-15/h2-7,16H,8H2,1H3. The number of hydrogen-bond donors (Lipinski definition) is 1. The summed E-state index contributed by atoms with van der Waals surface area (Å²) in [4.78, 5) is 0. The van der Waals surface area contributed by atoms with Gasteiger partial charge in [-0.25, -0.2) is 4.52 Å². The van der Waals surface area contributed by atoms with Gasteiger partial charge >= 0.3 is 0 Å². The van der Waals surface area contributed by atoms with Crippen molar-refractivity contribution in [2.45, 2.75) is 6.61 Å². The number of aliphatic hydroxyl groups is 1. The predicted molar refractivity (Wildman–Crippen MR) is 65.2 cm³/mol. The highest BCUT2D eigenvalue weighted by atomic mass is 16.5. The first-order chi connectivity index (χ1) is 8.35. The molecule has 0 bridgehead atoms. The lowest BCUT2D eigenvalue weighted by Crippen LogP contribution is -1.99. The van der Waals surface area contributed by atoms with E-state index in [0.717, 1.165) is 27.7 Å². The molecule has 0 atom stereocenters. The van der Waals surface area contributed by atoms with E-state index in [1.54, 1.807) is 17.8 Å². The van der Waals surface area contributed by atoms with Crippen LogP contribution in [0, 0.1) is 0 Å². The molecule has 0 unspecified atom stereocenters. The van der Waals surface area contributed by atoms with Crippen molar-refractivity contribution in [3.05, 3.63) is 42.2 Å². The van der Waals surface area contributed by atoms with Crippen LogP contribution in [-0.4, -0.2) is 21.8 Å². The Balaban J connectivity index is 2.54. The zero-order valence-corrected chi connectivity index (χ0v) is 9.42. The highest BCUT2D eigenvalue weighted by Gasteiger charge is 2.10. The maximum atomic E-state index is 9.35. The van der Waals surface area contributed by atoms with Crippen molar-refractivity contribution in [2.75, 3.05) is 7.11 Å². The molecule has 0 saturated heterocycles. The second-order valence-electron chi connectivity index (χ2n) is 3.85. The fourth-order valence-corrected chi connectivity index (χ4v) is 2.19. The van der Waals surface area contributed by atoms with Crippen molar-refractivity contribution in [3.63, 3.8) is 0 Å². The Morgan fingerprint density at radius 3 is 3.00 bits per heavy atom. The lowest BCUT2D eigenvalue weighted by molar-refractivity contribution is 0.274. The number of fused-ring (bicyclic) bond motifs is 3. The van der Waals surface area contributed by atoms with Gasteiger partial charge in [-0.2, -0.15) is 5.10 Å². The van der Waals surface area contributed by atoms with E-state index in [4.69, 9.17) is 4.74 Å². The van der Waals surface area contributed by atoms with Crippen LogP contribution in [0.1, 0.15) is 5.69 Å². The van der Waals surface area contributed by atoms with Crippen LogP contribution in [0.2, 0.25) is 0 Å². The largest absolute Gasteiger partial charge is 0.496 e. The van der Waals surface area contributed by atoms with E-state index in [9.17, 15) is 5.11 Å². The number of nitrogens with zero attached hydrogens (tertiary/aromatic N) is 2. The normalized spacial score (nSPS) is 11.2. The quantitative estimate of drug-likeness (QED) is 0.729. The summed E-state index contributed by atoms with van der Waals surface area (Å²) in [5.74, 6) is 0.817. The topological polar surface area (TPSA) is 46.8 Å². The van der Waals surface area contributed by atoms with E-state index in [0.29, 0.717) is 0 Å². The van der Waals surface area contributed by atoms with Crippen LogP contribution in [-0.2, 0) is 6.61 Å². The van der Waals surface area contributed by atoms with Crippen molar-refractivity contribution in [1.29, 1.82) is 0 Å². The average molecular weight is 228 g/mol. The summed E-state index contributed by atoms with van der Waals surface area (Å²) >= 11 is 0. The first-order valence-corrected chi connectivity index (χ1v) is 5.38. The van der Waals surface area contributed by atoms with Crippen LogP contribution in [0.5, 0.6) is 5.75 Å². The Bertz CT molecular complexity index is 688. The molecular formula is C13H12N2O2. The zero-order chi connectivity index (χ0) is 11.8. The molecule has 1 aromatic carbocycles. The number of rotatable bonds is 2. The number of ether oxygens (including phenoxy) is 1. The van der Waals surface area contributed by atoms with E-state index in [1.807, 2.05) is 30.3 Å². The highest BCUT2D eigenvalue weighted by Crippen LogP contribution is 2.30. The molecule has 2 aromatic heterocycles. The molecule has 0 amide bonds. The second-order valence-corrected chi connectivity index (χ2v) is 3.85. The summed E-state index contributed by atoms with van der Waals surface area (Å²) in [6.45, 7) is -0.0364. The number of pyridine rings is 1. The molecule has 2 heterocycles. The van der Waals surface area contributed by atoms with Crippen molar-refractivity contribution in [3.8, 4) is 5.75 Å². The van der Waals surface area contributed by atoms with Crippen LogP contribution in [0.4, 0.5) is 0 Å². The van der Waals surface area contributed by atoms with Gasteiger partial charge in [-0.05, 0) is 23.6 Å². The highest BCUT2D eigenvalue weighted by molar-refractivity contribution is 6.00. The number of hydrogen-bond acceptors (Lipinski definition) is 3.